The zero-order valence-corrected chi connectivity index (χ0v) is 17.3. The first-order valence-electron chi connectivity index (χ1n) is 10.2. The van der Waals surface area contributed by atoms with Crippen molar-refractivity contribution in [3.8, 4) is 0 Å². The first-order chi connectivity index (χ1) is 14.2. The summed E-state index contributed by atoms with van der Waals surface area (Å²) < 4.78 is 1.17. The molecule has 0 spiro atoms. The summed E-state index contributed by atoms with van der Waals surface area (Å²) in [4.78, 5) is 19.2. The highest BCUT2D eigenvalue weighted by Gasteiger charge is 2.16. The molecule has 29 heavy (non-hydrogen) atoms. The molecule has 1 saturated heterocycles. The molecule has 4 rings (SSSR count). The number of fused-ring (bicyclic) bond motifs is 1. The Balaban J connectivity index is 1.20. The van der Waals surface area contributed by atoms with Crippen molar-refractivity contribution in [1.82, 2.24) is 15.2 Å². The summed E-state index contributed by atoms with van der Waals surface area (Å²) >= 11 is 1.66. The number of aryl methyl sites for hydroxylation is 1. The van der Waals surface area contributed by atoms with Gasteiger partial charge in [0.05, 0.1) is 21.3 Å². The summed E-state index contributed by atoms with van der Waals surface area (Å²) in [5.41, 5.74) is 3.39. The number of carbonyl (C=O) groups is 1. The first-order valence-corrected chi connectivity index (χ1v) is 11.1. The largest absolute Gasteiger partial charge is 0.393 e. The number of para-hydroxylation sites is 1. The van der Waals surface area contributed by atoms with Crippen molar-refractivity contribution < 1.29 is 9.90 Å². The van der Waals surface area contributed by atoms with E-state index in [0.717, 1.165) is 48.6 Å². The molecule has 3 aromatic rings. The van der Waals surface area contributed by atoms with Gasteiger partial charge in [-0.25, -0.2) is 4.98 Å². The Hall–Kier alpha value is -2.28. The molecule has 2 heterocycles. The number of nitrogens with one attached hydrogen (secondary N) is 1. The number of thiazole rings is 1. The van der Waals surface area contributed by atoms with Crippen molar-refractivity contribution >= 4 is 27.5 Å². The van der Waals surface area contributed by atoms with Crippen LogP contribution in [0.5, 0.6) is 0 Å². The molecule has 0 unspecified atom stereocenters. The van der Waals surface area contributed by atoms with Crippen molar-refractivity contribution in [2.24, 2.45) is 0 Å². The lowest BCUT2D eigenvalue weighted by molar-refractivity contribution is -0.121. The number of amides is 1. The number of nitrogens with zero attached hydrogens (tertiary/aromatic N) is 2. The average molecular weight is 410 g/mol. The van der Waals surface area contributed by atoms with Crippen LogP contribution in [0.1, 0.15) is 35.4 Å². The van der Waals surface area contributed by atoms with Crippen LogP contribution in [-0.2, 0) is 24.3 Å². The van der Waals surface area contributed by atoms with Gasteiger partial charge >= 0.3 is 0 Å². The Labute approximate surface area is 175 Å². The number of aliphatic hydroxyl groups is 1. The van der Waals surface area contributed by atoms with E-state index in [4.69, 9.17) is 0 Å². The van der Waals surface area contributed by atoms with Crippen LogP contribution >= 0.6 is 11.3 Å². The Kier molecular flexibility index (Phi) is 6.54. The van der Waals surface area contributed by atoms with Gasteiger partial charge in [0.15, 0.2) is 0 Å². The molecule has 2 aromatic carbocycles. The maximum Gasteiger partial charge on any atom is 0.220 e. The van der Waals surface area contributed by atoms with Crippen LogP contribution in [0.2, 0.25) is 0 Å². The van der Waals surface area contributed by atoms with Gasteiger partial charge in [0.25, 0.3) is 0 Å². The molecule has 1 aliphatic rings. The first kappa shape index (κ1) is 20.0. The number of likely N-dealkylation sites (tertiary alicyclic amines) is 1. The maximum atomic E-state index is 12.2. The lowest BCUT2D eigenvalue weighted by atomic mass is 10.1. The molecule has 1 amide bonds. The molecular weight excluding hydrogens is 382 g/mol. The smallest absolute Gasteiger partial charge is 0.220 e. The number of carbonyl (C=O) groups excluding carboxylic acids is 1. The highest BCUT2D eigenvalue weighted by Crippen LogP contribution is 2.22. The second kappa shape index (κ2) is 9.48. The SMILES string of the molecule is O=C(CCc1nc2ccccc2s1)NCc1ccc(CN2CCC(O)CC2)cc1. The fourth-order valence-corrected chi connectivity index (χ4v) is 4.60. The van der Waals surface area contributed by atoms with Gasteiger partial charge in [-0.3, -0.25) is 9.69 Å². The number of piperidine rings is 1. The quantitative estimate of drug-likeness (QED) is 0.627. The molecule has 0 aliphatic carbocycles. The van der Waals surface area contributed by atoms with Crippen LogP contribution in [0.4, 0.5) is 0 Å². The number of hydrogen-bond acceptors (Lipinski definition) is 5. The van der Waals surface area contributed by atoms with E-state index in [1.807, 2.05) is 18.2 Å². The molecular formula is C23H27N3O2S. The highest BCUT2D eigenvalue weighted by molar-refractivity contribution is 7.18. The molecule has 0 bridgehead atoms. The number of aromatic nitrogens is 1. The maximum absolute atomic E-state index is 12.2. The minimum atomic E-state index is -0.133. The molecule has 0 radical (unpaired) electrons. The Morgan fingerprint density at radius 2 is 1.83 bits per heavy atom. The summed E-state index contributed by atoms with van der Waals surface area (Å²) in [6.07, 6.45) is 2.72. The fourth-order valence-electron chi connectivity index (χ4n) is 3.63. The molecule has 152 valence electrons. The second-order valence-electron chi connectivity index (χ2n) is 7.68. The van der Waals surface area contributed by atoms with Crippen LogP contribution in [0.25, 0.3) is 10.2 Å². The topological polar surface area (TPSA) is 65.5 Å². The number of rotatable bonds is 7. The Morgan fingerprint density at radius 3 is 2.59 bits per heavy atom. The second-order valence-corrected chi connectivity index (χ2v) is 8.79. The lowest BCUT2D eigenvalue weighted by Crippen LogP contribution is -2.35. The molecule has 1 aromatic heterocycles. The lowest BCUT2D eigenvalue weighted by Gasteiger charge is -2.29. The van der Waals surface area contributed by atoms with E-state index in [1.54, 1.807) is 11.3 Å². The van der Waals surface area contributed by atoms with Crippen LogP contribution in [0, 0.1) is 0 Å². The normalized spacial score (nSPS) is 15.6. The van der Waals surface area contributed by atoms with Crippen molar-refractivity contribution in [3.05, 3.63) is 64.7 Å². The predicted octanol–water partition coefficient (Wildman–Crippen LogP) is 3.50. The van der Waals surface area contributed by atoms with E-state index in [2.05, 4.69) is 45.5 Å². The van der Waals surface area contributed by atoms with Gasteiger partial charge in [0.1, 0.15) is 0 Å². The number of benzene rings is 2. The zero-order valence-electron chi connectivity index (χ0n) is 16.5. The Bertz CT molecular complexity index is 913. The predicted molar refractivity (Wildman–Crippen MR) is 117 cm³/mol. The summed E-state index contributed by atoms with van der Waals surface area (Å²) in [7, 11) is 0. The number of hydrogen-bond donors (Lipinski definition) is 2. The fraction of sp³-hybridized carbons (Fsp3) is 0.391. The third kappa shape index (κ3) is 5.63. The minimum Gasteiger partial charge on any atom is -0.393 e. The molecule has 1 fully saturated rings. The molecule has 0 saturated carbocycles. The third-order valence-corrected chi connectivity index (χ3v) is 6.48. The van der Waals surface area contributed by atoms with Crippen molar-refractivity contribution in [3.63, 3.8) is 0 Å². The highest BCUT2D eigenvalue weighted by atomic mass is 32.1. The van der Waals surface area contributed by atoms with Crippen LogP contribution in [-0.4, -0.2) is 40.1 Å². The third-order valence-electron chi connectivity index (χ3n) is 5.38. The van der Waals surface area contributed by atoms with Gasteiger partial charge in [-0.2, -0.15) is 0 Å². The Morgan fingerprint density at radius 1 is 1.10 bits per heavy atom. The molecule has 5 nitrogen and oxygen atoms in total. The van der Waals surface area contributed by atoms with Crippen LogP contribution in [0.3, 0.4) is 0 Å². The summed E-state index contributed by atoms with van der Waals surface area (Å²) in [6.45, 7) is 3.37. The van der Waals surface area contributed by atoms with Crippen molar-refractivity contribution in [1.29, 1.82) is 0 Å². The van der Waals surface area contributed by atoms with E-state index in [0.29, 0.717) is 19.4 Å². The van der Waals surface area contributed by atoms with Gasteiger partial charge in [-0.05, 0) is 36.1 Å². The molecule has 2 N–H and O–H groups in total. The summed E-state index contributed by atoms with van der Waals surface area (Å²) in [5.74, 6) is 0.0557. The van der Waals surface area contributed by atoms with Crippen LogP contribution in [0.15, 0.2) is 48.5 Å². The van der Waals surface area contributed by atoms with Crippen molar-refractivity contribution in [2.75, 3.05) is 13.1 Å². The van der Waals surface area contributed by atoms with Gasteiger partial charge in [-0.15, -0.1) is 11.3 Å². The van der Waals surface area contributed by atoms with Gasteiger partial charge in [-0.1, -0.05) is 36.4 Å². The van der Waals surface area contributed by atoms with Gasteiger partial charge in [0.2, 0.25) is 5.91 Å². The van der Waals surface area contributed by atoms with E-state index in [1.165, 1.54) is 10.3 Å². The average Bonchev–Trinajstić information content (AvgIpc) is 3.16. The summed E-state index contributed by atoms with van der Waals surface area (Å²) in [5, 5.41) is 13.6. The monoisotopic (exact) mass is 409 g/mol. The zero-order chi connectivity index (χ0) is 20.1. The minimum absolute atomic E-state index is 0.0557. The van der Waals surface area contributed by atoms with Gasteiger partial charge in [0, 0.05) is 39.0 Å². The van der Waals surface area contributed by atoms with E-state index in [-0.39, 0.29) is 12.0 Å². The van der Waals surface area contributed by atoms with E-state index in [9.17, 15) is 9.90 Å². The standard InChI is InChI=1S/C23H27N3O2S/c27-19-11-13-26(14-12-19)16-18-7-5-17(6-8-18)15-24-22(28)9-10-23-25-20-3-1-2-4-21(20)29-23/h1-8,19,27H,9-16H2,(H,24,28). The number of aliphatic hydroxyl groups excluding tert-OH is 1. The summed E-state index contributed by atoms with van der Waals surface area (Å²) in [6, 6.07) is 16.5. The molecule has 1 aliphatic heterocycles. The van der Waals surface area contributed by atoms with Crippen LogP contribution < -0.4 is 5.32 Å². The van der Waals surface area contributed by atoms with Gasteiger partial charge < -0.3 is 10.4 Å². The van der Waals surface area contributed by atoms with E-state index >= 15 is 0 Å². The van der Waals surface area contributed by atoms with Crippen molar-refractivity contribution in [2.45, 2.75) is 44.9 Å². The molecule has 6 heteroatoms. The molecule has 0 atom stereocenters. The van der Waals surface area contributed by atoms with E-state index < -0.39 is 0 Å².